The third kappa shape index (κ3) is 5.54. The lowest BCUT2D eigenvalue weighted by Gasteiger charge is -2.20. The third-order valence-electron chi connectivity index (χ3n) is 9.40. The molecule has 13 heteroatoms. The van der Waals surface area contributed by atoms with Crippen molar-refractivity contribution < 1.29 is 23.4 Å². The maximum absolute atomic E-state index is 13.8. The third-order valence-corrected chi connectivity index (χ3v) is 9.81. The van der Waals surface area contributed by atoms with Crippen LogP contribution in [0.1, 0.15) is 23.2 Å². The first kappa shape index (κ1) is 31.6. The van der Waals surface area contributed by atoms with Crippen molar-refractivity contribution in [3.63, 3.8) is 0 Å². The molecule has 2 aliphatic rings. The first-order chi connectivity index (χ1) is 23.0. The Bertz CT molecular complexity index is 2150. The number of nitrogens with zero attached hydrogens (tertiary/aromatic N) is 5. The van der Waals surface area contributed by atoms with Crippen molar-refractivity contribution in [2.24, 2.45) is 24.8 Å². The van der Waals surface area contributed by atoms with Gasteiger partial charge in [-0.1, -0.05) is 48.0 Å². The molecule has 2 atom stereocenters. The molecule has 1 saturated carbocycles. The van der Waals surface area contributed by atoms with Crippen molar-refractivity contribution in [3.8, 4) is 28.3 Å². The second kappa shape index (κ2) is 12.3. The summed E-state index contributed by atoms with van der Waals surface area (Å²) in [6, 6.07) is 16.2. The van der Waals surface area contributed by atoms with Crippen LogP contribution >= 0.6 is 11.6 Å². The number of carboxylic acid groups (broad SMARTS) is 1. The van der Waals surface area contributed by atoms with Gasteiger partial charge in [-0.25, -0.2) is 23.4 Å². The molecule has 0 bridgehead atoms. The Kier molecular flexibility index (Phi) is 8.08. The van der Waals surface area contributed by atoms with Crippen molar-refractivity contribution in [1.29, 1.82) is 0 Å². The number of hydrogen-bond donors (Lipinski definition) is 2. The van der Waals surface area contributed by atoms with Gasteiger partial charge in [0.15, 0.2) is 0 Å². The molecule has 2 fully saturated rings. The predicted octanol–water partition coefficient (Wildman–Crippen LogP) is 6.47. The number of fused-ring (bicyclic) bond motifs is 2. The molecule has 2 aromatic carbocycles. The summed E-state index contributed by atoms with van der Waals surface area (Å²) in [5, 5.41) is 17.3. The quantitative estimate of drug-likeness (QED) is 0.181. The van der Waals surface area contributed by atoms with Gasteiger partial charge >= 0.3 is 5.97 Å². The number of alkyl halides is 2. The molecule has 10 nitrogen and oxygen atoms in total. The lowest BCUT2D eigenvalue weighted by molar-refractivity contribution is -0.139. The van der Waals surface area contributed by atoms with Gasteiger partial charge in [-0.3, -0.25) is 14.5 Å². The molecule has 246 valence electrons. The maximum Gasteiger partial charge on any atom is 0.307 e. The van der Waals surface area contributed by atoms with Crippen LogP contribution in [0.5, 0.6) is 5.88 Å². The first-order valence-corrected chi connectivity index (χ1v) is 15.7. The van der Waals surface area contributed by atoms with E-state index in [2.05, 4.69) is 20.3 Å². The number of piperidine rings is 1. The molecule has 0 radical (unpaired) electrons. The van der Waals surface area contributed by atoms with Crippen LogP contribution in [0.25, 0.3) is 33.2 Å². The Morgan fingerprint density at radius 3 is 2.50 bits per heavy atom. The fourth-order valence-electron chi connectivity index (χ4n) is 6.87. The van der Waals surface area contributed by atoms with Gasteiger partial charge < -0.3 is 15.2 Å². The molecule has 1 saturated heterocycles. The lowest BCUT2D eigenvalue weighted by atomic mass is 9.96. The number of rotatable bonds is 9. The van der Waals surface area contributed by atoms with Gasteiger partial charge in [0.25, 0.3) is 12.0 Å². The number of benzene rings is 2. The highest BCUT2D eigenvalue weighted by Crippen LogP contribution is 2.52. The minimum absolute atomic E-state index is 0.00921. The second-order valence-electron chi connectivity index (χ2n) is 12.3. The molecule has 48 heavy (non-hydrogen) atoms. The predicted molar refractivity (Wildman–Crippen MR) is 178 cm³/mol. The molecule has 1 aliphatic carbocycles. The van der Waals surface area contributed by atoms with Gasteiger partial charge in [0, 0.05) is 54.4 Å². The minimum Gasteiger partial charge on any atom is -0.481 e. The first-order valence-electron chi connectivity index (χ1n) is 15.4. The number of hydrogen-bond acceptors (Lipinski definition) is 8. The standard InChI is InChI=1S/C35H31ClF2N6O4/c1-17-20(6-5-9-25(17)40-32-28-19(12-27(41-32)31(37)38)13-39-43(2)34(28)45)21-7-4-8-22(30(21)36)26-11-10-18(33(42-26)48-3)14-44-15-23-24(16-44)29(23)35(46)47/h4-13,23-24,29,31H,14-16H2,1-3H3,(H,40,41)(H,46,47). The minimum atomic E-state index is -2.84. The molecule has 3 aromatic heterocycles. The Hall–Kier alpha value is -4.94. The van der Waals surface area contributed by atoms with Crippen LogP contribution in [-0.4, -0.2) is 55.9 Å². The molecular weight excluding hydrogens is 642 g/mol. The average Bonchev–Trinajstić information content (AvgIpc) is 3.59. The number of carbonyl (C=O) groups is 1. The highest BCUT2D eigenvalue weighted by Gasteiger charge is 2.59. The summed E-state index contributed by atoms with van der Waals surface area (Å²) in [6.45, 7) is 3.96. The Morgan fingerprint density at radius 1 is 1.08 bits per heavy atom. The van der Waals surface area contributed by atoms with E-state index < -0.39 is 23.6 Å². The van der Waals surface area contributed by atoms with Crippen LogP contribution in [0.4, 0.5) is 20.3 Å². The number of aromatic nitrogens is 4. The van der Waals surface area contributed by atoms with Gasteiger partial charge in [0.05, 0.1) is 35.3 Å². The topological polar surface area (TPSA) is 122 Å². The van der Waals surface area contributed by atoms with Crippen molar-refractivity contribution in [2.45, 2.75) is 19.9 Å². The largest absolute Gasteiger partial charge is 0.481 e. The highest BCUT2D eigenvalue weighted by molar-refractivity contribution is 6.36. The summed E-state index contributed by atoms with van der Waals surface area (Å²) in [5.41, 5.74) is 4.11. The lowest BCUT2D eigenvalue weighted by Crippen LogP contribution is -2.26. The number of aliphatic carboxylic acids is 1. The zero-order valence-corrected chi connectivity index (χ0v) is 27.0. The van der Waals surface area contributed by atoms with E-state index in [-0.39, 0.29) is 34.3 Å². The van der Waals surface area contributed by atoms with Crippen LogP contribution in [-0.2, 0) is 18.4 Å². The number of halogens is 3. The van der Waals surface area contributed by atoms with E-state index in [9.17, 15) is 23.5 Å². The molecule has 4 heterocycles. The van der Waals surface area contributed by atoms with Gasteiger partial charge in [-0.05, 0) is 48.1 Å². The van der Waals surface area contributed by atoms with Crippen LogP contribution in [0.2, 0.25) is 5.02 Å². The number of pyridine rings is 2. The number of carboxylic acids is 1. The highest BCUT2D eigenvalue weighted by atomic mass is 35.5. The summed E-state index contributed by atoms with van der Waals surface area (Å²) in [6.07, 6.45) is -1.48. The average molecular weight is 673 g/mol. The molecular formula is C35H31ClF2N6O4. The molecule has 5 aromatic rings. The molecule has 0 spiro atoms. The number of ether oxygens (including phenoxy) is 1. The summed E-state index contributed by atoms with van der Waals surface area (Å²) < 4.78 is 34.3. The summed E-state index contributed by atoms with van der Waals surface area (Å²) in [4.78, 5) is 35.5. The van der Waals surface area contributed by atoms with Crippen LogP contribution in [0, 0.1) is 24.7 Å². The SMILES string of the molecule is COc1nc(-c2cccc(-c3cccc(Nc4nc(C(F)F)cc5cnn(C)c(=O)c45)c3C)c2Cl)ccc1CN1CC2C(C1)C2C(=O)O. The monoisotopic (exact) mass is 672 g/mol. The Labute approximate surface area is 279 Å². The number of nitrogens with one attached hydrogen (secondary N) is 1. The fraction of sp³-hybridized carbons (Fsp3) is 0.286. The van der Waals surface area contributed by atoms with Crippen molar-refractivity contribution in [2.75, 3.05) is 25.5 Å². The van der Waals surface area contributed by atoms with E-state index in [0.29, 0.717) is 34.4 Å². The van der Waals surface area contributed by atoms with E-state index in [0.717, 1.165) is 40.0 Å². The van der Waals surface area contributed by atoms with Crippen LogP contribution < -0.4 is 15.6 Å². The van der Waals surface area contributed by atoms with Crippen LogP contribution in [0.15, 0.2) is 65.6 Å². The van der Waals surface area contributed by atoms with Crippen molar-refractivity contribution in [1.82, 2.24) is 24.6 Å². The molecule has 2 unspecified atom stereocenters. The smallest absolute Gasteiger partial charge is 0.307 e. The fourth-order valence-corrected chi connectivity index (χ4v) is 7.20. The molecule has 0 amide bonds. The van der Waals surface area contributed by atoms with Gasteiger partial charge in [-0.15, -0.1) is 0 Å². The zero-order valence-electron chi connectivity index (χ0n) is 26.2. The van der Waals surface area contributed by atoms with Crippen molar-refractivity contribution >= 4 is 39.8 Å². The Balaban J connectivity index is 1.19. The number of anilines is 2. The zero-order chi connectivity index (χ0) is 33.9. The van der Waals surface area contributed by atoms with Crippen molar-refractivity contribution in [3.05, 3.63) is 93.0 Å². The molecule has 2 N–H and O–H groups in total. The van der Waals surface area contributed by atoms with E-state index >= 15 is 0 Å². The molecule has 1 aliphatic heterocycles. The summed E-state index contributed by atoms with van der Waals surface area (Å²) in [7, 11) is 3.05. The van der Waals surface area contributed by atoms with E-state index in [1.807, 2.05) is 49.4 Å². The number of aryl methyl sites for hydroxylation is 1. The maximum atomic E-state index is 13.8. The second-order valence-corrected chi connectivity index (χ2v) is 12.6. The van der Waals surface area contributed by atoms with Gasteiger partial charge in [-0.2, -0.15) is 5.10 Å². The van der Waals surface area contributed by atoms with E-state index in [1.165, 1.54) is 19.3 Å². The van der Waals surface area contributed by atoms with Crippen LogP contribution in [0.3, 0.4) is 0 Å². The Morgan fingerprint density at radius 2 is 1.79 bits per heavy atom. The van der Waals surface area contributed by atoms with E-state index in [1.54, 1.807) is 13.2 Å². The number of likely N-dealkylation sites (tertiary alicyclic amines) is 1. The summed E-state index contributed by atoms with van der Waals surface area (Å²) >= 11 is 7.06. The number of methoxy groups -OCH3 is 1. The summed E-state index contributed by atoms with van der Waals surface area (Å²) in [5.74, 6) is -0.0301. The normalized spacial score (nSPS) is 18.7. The molecule has 7 rings (SSSR count). The van der Waals surface area contributed by atoms with E-state index in [4.69, 9.17) is 21.3 Å². The van der Waals surface area contributed by atoms with Gasteiger partial charge in [0.1, 0.15) is 11.5 Å². The van der Waals surface area contributed by atoms with Gasteiger partial charge in [0.2, 0.25) is 5.88 Å².